The molecule has 100 valence electrons. The highest BCUT2D eigenvalue weighted by Crippen LogP contribution is 2.25. The van der Waals surface area contributed by atoms with E-state index in [9.17, 15) is 4.39 Å². The average molecular weight is 282 g/mol. The smallest absolute Gasteiger partial charge is 0.133 e. The minimum absolute atomic E-state index is 0.107. The van der Waals surface area contributed by atoms with Gasteiger partial charge in [-0.05, 0) is 24.3 Å². The van der Waals surface area contributed by atoms with E-state index in [2.05, 4.69) is 0 Å². The van der Waals surface area contributed by atoms with Gasteiger partial charge in [-0.25, -0.2) is 4.39 Å². The Balaban J connectivity index is 2.07. The molecule has 0 aliphatic heterocycles. The number of methoxy groups -OCH3 is 1. The molecule has 0 bridgehead atoms. The van der Waals surface area contributed by atoms with Crippen LogP contribution in [-0.2, 0) is 6.61 Å². The van der Waals surface area contributed by atoms with Crippen LogP contribution in [0.2, 0.25) is 5.02 Å². The highest BCUT2D eigenvalue weighted by Gasteiger charge is 2.06. The minimum atomic E-state index is -0.374. The number of ether oxygens (including phenoxy) is 2. The van der Waals surface area contributed by atoms with Gasteiger partial charge in [0.25, 0.3) is 0 Å². The van der Waals surface area contributed by atoms with Gasteiger partial charge in [-0.1, -0.05) is 11.6 Å². The van der Waals surface area contributed by atoms with E-state index in [1.54, 1.807) is 30.3 Å². The Hall–Kier alpha value is -1.94. The van der Waals surface area contributed by atoms with Crippen LogP contribution in [0.3, 0.4) is 0 Å². The van der Waals surface area contributed by atoms with E-state index in [0.717, 1.165) is 0 Å². The van der Waals surface area contributed by atoms with Crippen LogP contribution in [0.1, 0.15) is 5.56 Å². The van der Waals surface area contributed by atoms with Gasteiger partial charge in [-0.15, -0.1) is 0 Å². The third-order valence-corrected chi connectivity index (χ3v) is 2.95. The number of hydrogen-bond acceptors (Lipinski definition) is 3. The summed E-state index contributed by atoms with van der Waals surface area (Å²) in [6, 6.07) is 9.53. The molecule has 2 N–H and O–H groups in total. The molecule has 3 nitrogen and oxygen atoms in total. The molecule has 2 rings (SSSR count). The van der Waals surface area contributed by atoms with Crippen molar-refractivity contribution in [3.05, 3.63) is 52.8 Å². The Morgan fingerprint density at radius 1 is 1.16 bits per heavy atom. The normalized spacial score (nSPS) is 10.3. The topological polar surface area (TPSA) is 44.5 Å². The zero-order valence-corrected chi connectivity index (χ0v) is 11.1. The molecule has 0 aromatic heterocycles. The van der Waals surface area contributed by atoms with Gasteiger partial charge in [0, 0.05) is 17.7 Å². The Bertz CT molecular complexity index is 590. The maximum absolute atomic E-state index is 13.7. The Labute approximate surface area is 115 Å². The van der Waals surface area contributed by atoms with Gasteiger partial charge in [-0.3, -0.25) is 0 Å². The second-order valence-corrected chi connectivity index (χ2v) is 4.34. The van der Waals surface area contributed by atoms with Gasteiger partial charge in [0.15, 0.2) is 0 Å². The predicted molar refractivity (Wildman–Crippen MR) is 73.1 cm³/mol. The molecule has 0 heterocycles. The van der Waals surface area contributed by atoms with E-state index in [0.29, 0.717) is 27.8 Å². The fourth-order valence-corrected chi connectivity index (χ4v) is 1.70. The molecule has 0 unspecified atom stereocenters. The second kappa shape index (κ2) is 5.80. The summed E-state index contributed by atoms with van der Waals surface area (Å²) in [5.74, 6) is 0.632. The minimum Gasteiger partial charge on any atom is -0.497 e. The first-order valence-electron chi connectivity index (χ1n) is 5.60. The highest BCUT2D eigenvalue weighted by molar-refractivity contribution is 6.33. The van der Waals surface area contributed by atoms with Gasteiger partial charge in [-0.2, -0.15) is 0 Å². The van der Waals surface area contributed by atoms with Crippen LogP contribution in [-0.4, -0.2) is 7.11 Å². The first kappa shape index (κ1) is 13.5. The Morgan fingerprint density at radius 2 is 1.89 bits per heavy atom. The van der Waals surface area contributed by atoms with E-state index in [1.165, 1.54) is 13.2 Å². The molecule has 0 radical (unpaired) electrons. The summed E-state index contributed by atoms with van der Waals surface area (Å²) in [5.41, 5.74) is 6.51. The maximum atomic E-state index is 13.7. The number of nitrogen functional groups attached to an aromatic ring is 1. The first-order valence-corrected chi connectivity index (χ1v) is 5.98. The molecule has 0 saturated heterocycles. The number of rotatable bonds is 4. The van der Waals surface area contributed by atoms with Crippen molar-refractivity contribution in [2.24, 2.45) is 0 Å². The molecule has 0 aliphatic carbocycles. The summed E-state index contributed by atoms with van der Waals surface area (Å²) >= 11 is 5.87. The lowest BCUT2D eigenvalue weighted by Gasteiger charge is -2.09. The number of hydrogen-bond donors (Lipinski definition) is 1. The summed E-state index contributed by atoms with van der Waals surface area (Å²) in [6.45, 7) is 0.107. The van der Waals surface area contributed by atoms with E-state index in [1.807, 2.05) is 0 Å². The lowest BCUT2D eigenvalue weighted by Crippen LogP contribution is -1.99. The zero-order valence-electron chi connectivity index (χ0n) is 10.3. The lowest BCUT2D eigenvalue weighted by molar-refractivity contribution is 0.299. The van der Waals surface area contributed by atoms with Crippen molar-refractivity contribution in [3.8, 4) is 11.5 Å². The van der Waals surface area contributed by atoms with Crippen molar-refractivity contribution in [1.82, 2.24) is 0 Å². The third kappa shape index (κ3) is 3.29. The van der Waals surface area contributed by atoms with Crippen LogP contribution < -0.4 is 15.2 Å². The third-order valence-electron chi connectivity index (χ3n) is 2.63. The van der Waals surface area contributed by atoms with Crippen molar-refractivity contribution in [2.75, 3.05) is 12.8 Å². The average Bonchev–Trinajstić information content (AvgIpc) is 2.41. The largest absolute Gasteiger partial charge is 0.497 e. The summed E-state index contributed by atoms with van der Waals surface area (Å²) in [4.78, 5) is 0. The number of benzene rings is 2. The van der Waals surface area contributed by atoms with Gasteiger partial charge in [0.2, 0.25) is 0 Å². The molecular weight excluding hydrogens is 269 g/mol. The van der Waals surface area contributed by atoms with Gasteiger partial charge in [0.05, 0.1) is 17.8 Å². The van der Waals surface area contributed by atoms with Crippen LogP contribution in [0, 0.1) is 5.82 Å². The van der Waals surface area contributed by atoms with Crippen LogP contribution in [0.5, 0.6) is 11.5 Å². The fraction of sp³-hybridized carbons (Fsp3) is 0.143. The number of nitrogens with two attached hydrogens (primary N) is 1. The lowest BCUT2D eigenvalue weighted by atomic mass is 10.2. The number of anilines is 1. The molecule has 5 heteroatoms. The van der Waals surface area contributed by atoms with E-state index >= 15 is 0 Å². The molecule has 2 aromatic carbocycles. The van der Waals surface area contributed by atoms with Crippen LogP contribution in [0.4, 0.5) is 10.1 Å². The quantitative estimate of drug-likeness (QED) is 0.870. The SMILES string of the molecule is COc1ccc(COc2ccc(N)c(Cl)c2)c(F)c1. The monoisotopic (exact) mass is 281 g/mol. The van der Waals surface area contributed by atoms with E-state index < -0.39 is 0 Å². The van der Waals surface area contributed by atoms with Crippen LogP contribution >= 0.6 is 11.6 Å². The van der Waals surface area contributed by atoms with Crippen molar-refractivity contribution in [2.45, 2.75) is 6.61 Å². The molecule has 0 saturated carbocycles. The van der Waals surface area contributed by atoms with Crippen molar-refractivity contribution < 1.29 is 13.9 Å². The highest BCUT2D eigenvalue weighted by atomic mass is 35.5. The molecule has 0 aliphatic rings. The molecule has 0 amide bonds. The van der Waals surface area contributed by atoms with E-state index in [4.69, 9.17) is 26.8 Å². The summed E-state index contributed by atoms with van der Waals surface area (Å²) in [7, 11) is 1.49. The van der Waals surface area contributed by atoms with Crippen LogP contribution in [0.15, 0.2) is 36.4 Å². The fourth-order valence-electron chi connectivity index (χ4n) is 1.53. The van der Waals surface area contributed by atoms with Crippen LogP contribution in [0.25, 0.3) is 0 Å². The first-order chi connectivity index (χ1) is 9.10. The molecule has 0 spiro atoms. The molecule has 2 aromatic rings. The second-order valence-electron chi connectivity index (χ2n) is 3.93. The molecular formula is C14H13ClFNO2. The maximum Gasteiger partial charge on any atom is 0.133 e. The van der Waals surface area contributed by atoms with Crippen molar-refractivity contribution in [3.63, 3.8) is 0 Å². The summed E-state index contributed by atoms with van der Waals surface area (Å²) in [5, 5.41) is 0.410. The summed E-state index contributed by atoms with van der Waals surface area (Å²) < 4.78 is 24.1. The zero-order chi connectivity index (χ0) is 13.8. The van der Waals surface area contributed by atoms with Gasteiger partial charge < -0.3 is 15.2 Å². The van der Waals surface area contributed by atoms with Crippen molar-refractivity contribution in [1.29, 1.82) is 0 Å². The van der Waals surface area contributed by atoms with Crippen molar-refractivity contribution >= 4 is 17.3 Å². The number of halogens is 2. The van der Waals surface area contributed by atoms with Gasteiger partial charge in [0.1, 0.15) is 23.9 Å². The molecule has 19 heavy (non-hydrogen) atoms. The Morgan fingerprint density at radius 3 is 2.53 bits per heavy atom. The summed E-state index contributed by atoms with van der Waals surface area (Å²) in [6.07, 6.45) is 0. The van der Waals surface area contributed by atoms with Gasteiger partial charge >= 0.3 is 0 Å². The Kier molecular flexibility index (Phi) is 4.12. The van der Waals surface area contributed by atoms with E-state index in [-0.39, 0.29) is 12.4 Å². The standard InChI is InChI=1S/C14H13ClFNO2/c1-18-10-3-2-9(13(16)7-10)8-19-11-4-5-14(17)12(15)6-11/h2-7H,8,17H2,1H3. The molecule has 0 atom stereocenters. The predicted octanol–water partition coefficient (Wildman–Crippen LogP) is 3.65. The molecule has 0 fully saturated rings.